The van der Waals surface area contributed by atoms with E-state index in [2.05, 4.69) is 44.0 Å². The summed E-state index contributed by atoms with van der Waals surface area (Å²) in [5, 5.41) is 3.39. The van der Waals surface area contributed by atoms with Crippen molar-refractivity contribution in [2.45, 2.75) is 76.4 Å². The number of nitrogens with zero attached hydrogens (tertiary/aromatic N) is 5. The van der Waals surface area contributed by atoms with Gasteiger partial charge in [-0.25, -0.2) is 31.6 Å². The zero-order valence-corrected chi connectivity index (χ0v) is 24.9. The van der Waals surface area contributed by atoms with Gasteiger partial charge in [-0.1, -0.05) is 6.07 Å². The fourth-order valence-corrected chi connectivity index (χ4v) is 7.26. The summed E-state index contributed by atoms with van der Waals surface area (Å²) in [5.74, 6) is -4.58. The summed E-state index contributed by atoms with van der Waals surface area (Å²) >= 11 is 0. The summed E-state index contributed by atoms with van der Waals surface area (Å²) in [7, 11) is 0.127. The molecule has 3 aromatic rings. The van der Waals surface area contributed by atoms with Gasteiger partial charge in [-0.3, -0.25) is 14.1 Å². The molecule has 2 heterocycles. The number of fused-ring (bicyclic) bond motifs is 1. The van der Waals surface area contributed by atoms with Crippen molar-refractivity contribution in [1.29, 1.82) is 0 Å². The summed E-state index contributed by atoms with van der Waals surface area (Å²) < 4.78 is 69.7. The maximum absolute atomic E-state index is 15.1. The largest absolute Gasteiger partial charge is 0.351 e. The van der Waals surface area contributed by atoms with Crippen molar-refractivity contribution in [1.82, 2.24) is 24.4 Å². The third kappa shape index (κ3) is 6.54. The van der Waals surface area contributed by atoms with Gasteiger partial charge in [0.1, 0.15) is 17.0 Å². The summed E-state index contributed by atoms with van der Waals surface area (Å²) in [6.45, 7) is 3.66. The average Bonchev–Trinajstić information content (AvgIpc) is 2.88. The summed E-state index contributed by atoms with van der Waals surface area (Å²) in [4.78, 5) is 29.3. The fourth-order valence-electron chi connectivity index (χ4n) is 5.82. The molecule has 42 heavy (non-hydrogen) atoms. The number of rotatable bonds is 9. The minimum atomic E-state index is -4.05. The summed E-state index contributed by atoms with van der Waals surface area (Å²) in [6.07, 6.45) is 4.60. The van der Waals surface area contributed by atoms with E-state index in [1.165, 1.54) is 22.9 Å². The number of anilines is 2. The number of hydrogen-bond donors (Lipinski definition) is 2. The molecule has 2 aliphatic rings. The maximum atomic E-state index is 15.1. The molecule has 0 radical (unpaired) electrons. The molecular formula is C28H36F3N7O3S. The number of benzene rings is 1. The van der Waals surface area contributed by atoms with Crippen molar-refractivity contribution >= 4 is 32.8 Å². The van der Waals surface area contributed by atoms with E-state index < -0.39 is 51.8 Å². The number of halogens is 3. The highest BCUT2D eigenvalue weighted by atomic mass is 32.2. The highest BCUT2D eigenvalue weighted by molar-refractivity contribution is 7.92. The fraction of sp³-hybridized carbons (Fsp3) is 0.571. The van der Waals surface area contributed by atoms with Gasteiger partial charge in [-0.15, -0.1) is 0 Å². The van der Waals surface area contributed by atoms with Crippen LogP contribution in [0.5, 0.6) is 0 Å². The minimum absolute atomic E-state index is 0.0347. The van der Waals surface area contributed by atoms with Crippen molar-refractivity contribution in [2.24, 2.45) is 5.92 Å². The van der Waals surface area contributed by atoms with Crippen LogP contribution >= 0.6 is 0 Å². The Hall–Kier alpha value is -3.26. The highest BCUT2D eigenvalue weighted by Gasteiger charge is 2.46. The Bertz CT molecular complexity index is 1630. The van der Waals surface area contributed by atoms with Crippen LogP contribution in [-0.2, 0) is 10.0 Å². The van der Waals surface area contributed by atoms with Crippen LogP contribution in [0.2, 0.25) is 0 Å². The zero-order chi connectivity index (χ0) is 30.4. The molecule has 228 valence electrons. The van der Waals surface area contributed by atoms with Crippen LogP contribution in [0.1, 0.15) is 58.4 Å². The third-order valence-electron chi connectivity index (χ3n) is 8.05. The van der Waals surface area contributed by atoms with Crippen molar-refractivity contribution < 1.29 is 21.6 Å². The predicted octanol–water partition coefficient (Wildman–Crippen LogP) is 4.65. The van der Waals surface area contributed by atoms with Gasteiger partial charge in [0.15, 0.2) is 5.65 Å². The summed E-state index contributed by atoms with van der Waals surface area (Å²) in [5.41, 5.74) is -0.00387. The van der Waals surface area contributed by atoms with Gasteiger partial charge in [0.05, 0.1) is 17.6 Å². The van der Waals surface area contributed by atoms with Crippen LogP contribution in [0.4, 0.5) is 24.8 Å². The molecule has 0 spiro atoms. The van der Waals surface area contributed by atoms with Gasteiger partial charge in [-0.05, 0) is 71.7 Å². The molecular weight excluding hydrogens is 571 g/mol. The molecule has 2 saturated carbocycles. The van der Waals surface area contributed by atoms with Gasteiger partial charge in [0.25, 0.3) is 5.56 Å². The Kier molecular flexibility index (Phi) is 8.23. The van der Waals surface area contributed by atoms with Crippen LogP contribution in [0, 0.1) is 11.7 Å². The van der Waals surface area contributed by atoms with Crippen molar-refractivity contribution in [2.75, 3.05) is 29.9 Å². The first-order valence-corrected chi connectivity index (χ1v) is 15.8. The molecule has 1 aromatic carbocycles. The van der Waals surface area contributed by atoms with Crippen LogP contribution in [0.3, 0.4) is 0 Å². The van der Waals surface area contributed by atoms with Crippen LogP contribution in [0.15, 0.2) is 29.2 Å². The van der Waals surface area contributed by atoms with E-state index in [4.69, 9.17) is 0 Å². The monoisotopic (exact) mass is 607 g/mol. The van der Waals surface area contributed by atoms with Gasteiger partial charge < -0.3 is 10.2 Å². The first-order valence-electron chi connectivity index (χ1n) is 14.1. The first kappa shape index (κ1) is 30.2. The molecule has 14 heteroatoms. The van der Waals surface area contributed by atoms with E-state index >= 15 is 4.39 Å². The smallest absolute Gasteiger partial charge is 0.278 e. The average molecular weight is 608 g/mol. The lowest BCUT2D eigenvalue weighted by Gasteiger charge is -2.34. The molecule has 0 atom stereocenters. The number of hydrogen-bond acceptors (Lipinski definition) is 8. The lowest BCUT2D eigenvalue weighted by molar-refractivity contribution is -0.103. The molecule has 0 aliphatic heterocycles. The SMILES string of the molecule is CC(C)n1c(=O)c(-c2ccc(NS(=O)(=O)CC3CC(F)(F)C3)c(F)c2)nc2cnc(NC3CCC(N(C)C)CC3)nc21. The highest BCUT2D eigenvalue weighted by Crippen LogP contribution is 2.43. The van der Waals surface area contributed by atoms with Crippen molar-refractivity contribution in [3.8, 4) is 11.3 Å². The summed E-state index contributed by atoms with van der Waals surface area (Å²) in [6, 6.07) is 4.08. The van der Waals surface area contributed by atoms with Gasteiger partial charge in [0.2, 0.25) is 21.9 Å². The second kappa shape index (κ2) is 11.4. The van der Waals surface area contributed by atoms with Crippen molar-refractivity contribution in [3.63, 3.8) is 0 Å². The lowest BCUT2D eigenvalue weighted by atomic mass is 9.83. The quantitative estimate of drug-likeness (QED) is 0.361. The third-order valence-corrected chi connectivity index (χ3v) is 9.49. The molecule has 2 aromatic heterocycles. The maximum Gasteiger partial charge on any atom is 0.278 e. The molecule has 0 bridgehead atoms. The lowest BCUT2D eigenvalue weighted by Crippen LogP contribution is -2.40. The molecule has 0 unspecified atom stereocenters. The minimum Gasteiger partial charge on any atom is -0.351 e. The van der Waals surface area contributed by atoms with E-state index in [0.29, 0.717) is 23.2 Å². The normalized spacial score (nSPS) is 21.1. The van der Waals surface area contributed by atoms with E-state index in [-0.39, 0.29) is 29.0 Å². The molecule has 10 nitrogen and oxygen atoms in total. The second-order valence-electron chi connectivity index (χ2n) is 12.0. The number of sulfonamides is 1. The van der Waals surface area contributed by atoms with Crippen LogP contribution < -0.4 is 15.6 Å². The number of alkyl halides is 2. The molecule has 5 rings (SSSR count). The Morgan fingerprint density at radius 1 is 1.12 bits per heavy atom. The Morgan fingerprint density at radius 2 is 1.81 bits per heavy atom. The Labute approximate surface area is 242 Å². The topological polar surface area (TPSA) is 122 Å². The Morgan fingerprint density at radius 3 is 2.40 bits per heavy atom. The Balaban J connectivity index is 1.38. The molecule has 0 saturated heterocycles. The van der Waals surface area contributed by atoms with Gasteiger partial charge in [0, 0.05) is 36.5 Å². The van der Waals surface area contributed by atoms with Crippen LogP contribution in [0.25, 0.3) is 22.4 Å². The number of nitrogens with one attached hydrogen (secondary N) is 2. The standard InChI is InChI=1S/C28H36F3N7O3S/c1-16(2)38-25-23(14-32-27(35-25)33-19-6-8-20(9-7-19)37(3)4)34-24(26(38)39)18-5-10-22(21(29)11-18)36-42(40,41)15-17-12-28(30,31)13-17/h5,10-11,14,16-17,19-20,36H,6-9,12-13,15H2,1-4H3,(H,32,33,35). The van der Waals surface area contributed by atoms with Crippen LogP contribution in [-0.4, -0.2) is 70.7 Å². The second-order valence-corrected chi connectivity index (χ2v) is 13.7. The molecule has 2 fully saturated rings. The number of aromatic nitrogens is 4. The van der Waals surface area contributed by atoms with E-state index in [1.807, 2.05) is 13.8 Å². The molecule has 2 aliphatic carbocycles. The van der Waals surface area contributed by atoms with Gasteiger partial charge in [-0.2, -0.15) is 4.98 Å². The predicted molar refractivity (Wildman–Crippen MR) is 156 cm³/mol. The first-order chi connectivity index (χ1) is 19.7. The molecule has 0 amide bonds. The van der Waals surface area contributed by atoms with E-state index in [1.54, 1.807) is 0 Å². The molecule has 2 N–H and O–H groups in total. The van der Waals surface area contributed by atoms with E-state index in [0.717, 1.165) is 31.7 Å². The van der Waals surface area contributed by atoms with E-state index in [9.17, 15) is 22.0 Å². The van der Waals surface area contributed by atoms with Gasteiger partial charge >= 0.3 is 0 Å². The van der Waals surface area contributed by atoms with Crippen molar-refractivity contribution in [3.05, 3.63) is 40.6 Å². The zero-order valence-electron chi connectivity index (χ0n) is 24.1.